The zero-order valence-electron chi connectivity index (χ0n) is 19.6. The zero-order chi connectivity index (χ0) is 24.6. The van der Waals surface area contributed by atoms with Gasteiger partial charge in [0.2, 0.25) is 5.13 Å². The van der Waals surface area contributed by atoms with E-state index in [0.717, 1.165) is 17.0 Å². The number of hydrogen-bond acceptors (Lipinski definition) is 9. The molecule has 4 heterocycles. The van der Waals surface area contributed by atoms with Crippen LogP contribution in [0.15, 0.2) is 40.4 Å². The number of nitrogens with zero attached hydrogens (tertiary/aromatic N) is 5. The Morgan fingerprint density at radius 2 is 2.09 bits per heavy atom. The second-order valence-corrected chi connectivity index (χ2v) is 11.3. The highest BCUT2D eigenvalue weighted by Crippen LogP contribution is 2.28. The quantitative estimate of drug-likeness (QED) is 0.296. The molecule has 1 aliphatic rings. The van der Waals surface area contributed by atoms with Crippen molar-refractivity contribution >= 4 is 45.2 Å². The summed E-state index contributed by atoms with van der Waals surface area (Å²) in [7, 11) is 0. The lowest BCUT2D eigenvalue weighted by molar-refractivity contribution is 0.102. The number of amides is 1. The lowest BCUT2D eigenvalue weighted by Gasteiger charge is -2.12. The highest BCUT2D eigenvalue weighted by atomic mass is 32.2. The van der Waals surface area contributed by atoms with Crippen molar-refractivity contribution in [3.8, 4) is 0 Å². The standard InChI is InChI=1S/C23H25N7O3S2/c1-23(2,3)20-28-29-22(35-20)26-18(31)14-6-4-13(5-7-14)12-34-21-25-17-16(19(32)27-21)10-24-30(17)15-8-9-33-11-15/h4-7,10,15H,8-9,11-12H2,1-3H3,(H,25,27,32)(H,26,29,31). The summed E-state index contributed by atoms with van der Waals surface area (Å²) in [6.45, 7) is 7.42. The summed E-state index contributed by atoms with van der Waals surface area (Å²) in [4.78, 5) is 32.6. The maximum atomic E-state index is 12.6. The number of rotatable bonds is 6. The van der Waals surface area contributed by atoms with Crippen LogP contribution in [0.3, 0.4) is 0 Å². The number of nitrogens with one attached hydrogen (secondary N) is 2. The van der Waals surface area contributed by atoms with E-state index in [1.165, 1.54) is 23.1 Å². The predicted octanol–water partition coefficient (Wildman–Crippen LogP) is 3.77. The third kappa shape index (κ3) is 5.14. The molecule has 5 rings (SSSR count). The van der Waals surface area contributed by atoms with Gasteiger partial charge in [-0.15, -0.1) is 10.2 Å². The van der Waals surface area contributed by atoms with Gasteiger partial charge in [-0.3, -0.25) is 14.9 Å². The van der Waals surface area contributed by atoms with E-state index in [0.29, 0.717) is 45.9 Å². The van der Waals surface area contributed by atoms with Crippen molar-refractivity contribution in [2.45, 2.75) is 49.6 Å². The lowest BCUT2D eigenvalue weighted by atomic mass is 9.98. The molecule has 4 aromatic rings. The molecule has 12 heteroatoms. The van der Waals surface area contributed by atoms with Crippen molar-refractivity contribution < 1.29 is 9.53 Å². The van der Waals surface area contributed by atoms with Gasteiger partial charge in [-0.2, -0.15) is 5.10 Å². The number of thioether (sulfide) groups is 1. The molecule has 182 valence electrons. The van der Waals surface area contributed by atoms with Crippen LogP contribution in [0.5, 0.6) is 0 Å². The largest absolute Gasteiger partial charge is 0.379 e. The van der Waals surface area contributed by atoms with Gasteiger partial charge in [0.05, 0.1) is 18.8 Å². The first-order chi connectivity index (χ1) is 16.8. The second-order valence-electron chi connectivity index (χ2n) is 9.32. The van der Waals surface area contributed by atoms with Crippen LogP contribution in [0.4, 0.5) is 5.13 Å². The van der Waals surface area contributed by atoms with Gasteiger partial charge in [-0.1, -0.05) is 56.0 Å². The molecule has 1 aliphatic heterocycles. The molecule has 1 fully saturated rings. The summed E-state index contributed by atoms with van der Waals surface area (Å²) < 4.78 is 7.24. The minimum absolute atomic E-state index is 0.0959. The van der Waals surface area contributed by atoms with E-state index >= 15 is 0 Å². The summed E-state index contributed by atoms with van der Waals surface area (Å²) in [5.41, 5.74) is 1.78. The molecule has 2 N–H and O–H groups in total. The van der Waals surface area contributed by atoms with Crippen molar-refractivity contribution in [3.63, 3.8) is 0 Å². The molecule has 35 heavy (non-hydrogen) atoms. The Morgan fingerprint density at radius 1 is 1.29 bits per heavy atom. The van der Waals surface area contributed by atoms with Gasteiger partial charge in [0, 0.05) is 23.3 Å². The monoisotopic (exact) mass is 511 g/mol. The maximum Gasteiger partial charge on any atom is 0.262 e. The molecular formula is C23H25N7O3S2. The smallest absolute Gasteiger partial charge is 0.262 e. The Bertz CT molecular complexity index is 1410. The van der Waals surface area contributed by atoms with Crippen molar-refractivity contribution in [3.05, 3.63) is 57.0 Å². The van der Waals surface area contributed by atoms with Gasteiger partial charge < -0.3 is 9.72 Å². The number of H-pyrrole nitrogens is 1. The van der Waals surface area contributed by atoms with Crippen LogP contribution in [-0.4, -0.2) is 49.1 Å². The number of anilines is 1. The molecule has 0 spiro atoms. The van der Waals surface area contributed by atoms with Crippen molar-refractivity contribution in [1.29, 1.82) is 0 Å². The number of carbonyl (C=O) groups is 1. The molecular weight excluding hydrogens is 486 g/mol. The highest BCUT2D eigenvalue weighted by Gasteiger charge is 2.22. The van der Waals surface area contributed by atoms with Gasteiger partial charge in [0.1, 0.15) is 10.4 Å². The van der Waals surface area contributed by atoms with E-state index < -0.39 is 0 Å². The van der Waals surface area contributed by atoms with Crippen LogP contribution in [0.2, 0.25) is 0 Å². The van der Waals surface area contributed by atoms with Crippen LogP contribution >= 0.6 is 23.1 Å². The number of ether oxygens (including phenoxy) is 1. The number of aromatic amines is 1. The molecule has 1 atom stereocenters. The summed E-state index contributed by atoms with van der Waals surface area (Å²) in [6, 6.07) is 7.41. The van der Waals surface area contributed by atoms with E-state index in [9.17, 15) is 9.59 Å². The average Bonchev–Trinajstić information content (AvgIpc) is 3.58. The van der Waals surface area contributed by atoms with E-state index in [-0.39, 0.29) is 22.9 Å². The van der Waals surface area contributed by atoms with E-state index in [1.807, 2.05) is 12.1 Å². The summed E-state index contributed by atoms with van der Waals surface area (Å²) >= 11 is 2.80. The number of hydrogen-bond donors (Lipinski definition) is 2. The van der Waals surface area contributed by atoms with Gasteiger partial charge in [0.25, 0.3) is 11.5 Å². The Balaban J connectivity index is 1.24. The van der Waals surface area contributed by atoms with Crippen LogP contribution < -0.4 is 10.9 Å². The third-order valence-electron chi connectivity index (χ3n) is 5.57. The topological polar surface area (TPSA) is 128 Å². The molecule has 0 aliphatic carbocycles. The molecule has 10 nitrogen and oxygen atoms in total. The molecule has 0 bridgehead atoms. The van der Waals surface area contributed by atoms with Gasteiger partial charge in [0.15, 0.2) is 10.8 Å². The minimum atomic E-state index is -0.235. The fourth-order valence-corrected chi connectivity index (χ4v) is 5.22. The van der Waals surface area contributed by atoms with Crippen molar-refractivity contribution in [2.24, 2.45) is 0 Å². The average molecular weight is 512 g/mol. The van der Waals surface area contributed by atoms with Gasteiger partial charge in [-0.05, 0) is 24.1 Å². The predicted molar refractivity (Wildman–Crippen MR) is 135 cm³/mol. The molecule has 1 amide bonds. The summed E-state index contributed by atoms with van der Waals surface area (Å²) in [6.07, 6.45) is 2.41. The maximum absolute atomic E-state index is 12.6. The summed E-state index contributed by atoms with van der Waals surface area (Å²) in [5, 5.41) is 17.7. The number of carbonyl (C=O) groups excluding carboxylic acids is 1. The third-order valence-corrected chi connectivity index (χ3v) is 7.78. The Kier molecular flexibility index (Phi) is 6.43. The first-order valence-corrected chi connectivity index (χ1v) is 13.0. The summed E-state index contributed by atoms with van der Waals surface area (Å²) in [5.74, 6) is 0.351. The van der Waals surface area contributed by atoms with E-state index in [4.69, 9.17) is 4.74 Å². The molecule has 1 aromatic carbocycles. The number of benzene rings is 1. The molecule has 0 saturated carbocycles. The Labute approximate surface area is 209 Å². The Hall–Kier alpha value is -3.09. The second kappa shape index (κ2) is 9.51. The number of fused-ring (bicyclic) bond motifs is 1. The molecule has 3 aromatic heterocycles. The zero-order valence-corrected chi connectivity index (χ0v) is 21.2. The first kappa shape index (κ1) is 23.6. The van der Waals surface area contributed by atoms with E-state index in [1.54, 1.807) is 23.0 Å². The van der Waals surface area contributed by atoms with Crippen molar-refractivity contribution in [2.75, 3.05) is 18.5 Å². The normalized spacial score (nSPS) is 16.1. The Morgan fingerprint density at radius 3 is 2.77 bits per heavy atom. The van der Waals surface area contributed by atoms with E-state index in [2.05, 4.69) is 51.4 Å². The van der Waals surface area contributed by atoms with Crippen LogP contribution in [0.1, 0.15) is 54.2 Å². The fourth-order valence-electron chi connectivity index (χ4n) is 3.62. The molecule has 1 unspecified atom stereocenters. The fraction of sp³-hybridized carbons (Fsp3) is 0.391. The molecule has 1 saturated heterocycles. The SMILES string of the molecule is CC(C)(C)c1nnc(NC(=O)c2ccc(CSc3nc4c(cnn4C4CCOC4)c(=O)[nH]3)cc2)s1. The van der Waals surface area contributed by atoms with Crippen LogP contribution in [0, 0.1) is 0 Å². The minimum Gasteiger partial charge on any atom is -0.379 e. The highest BCUT2D eigenvalue weighted by molar-refractivity contribution is 7.98. The van der Waals surface area contributed by atoms with Gasteiger partial charge in [-0.25, -0.2) is 9.67 Å². The van der Waals surface area contributed by atoms with Crippen molar-refractivity contribution in [1.82, 2.24) is 29.9 Å². The van der Waals surface area contributed by atoms with Gasteiger partial charge >= 0.3 is 0 Å². The molecule has 0 radical (unpaired) electrons. The number of aromatic nitrogens is 6. The lowest BCUT2D eigenvalue weighted by Crippen LogP contribution is -2.14. The first-order valence-electron chi connectivity index (χ1n) is 11.2. The van der Waals surface area contributed by atoms with Crippen LogP contribution in [0.25, 0.3) is 11.0 Å². The van der Waals surface area contributed by atoms with Crippen LogP contribution in [-0.2, 0) is 15.9 Å².